The number of rotatable bonds is 3. The molecular weight excluding hydrogens is 374 g/mol. The van der Waals surface area contributed by atoms with Gasteiger partial charge in [0.1, 0.15) is 17.4 Å². The minimum absolute atomic E-state index is 0.0693. The Labute approximate surface area is 169 Å². The second kappa shape index (κ2) is 7.42. The molecule has 0 aromatic heterocycles. The average molecular weight is 408 g/mol. The van der Waals surface area contributed by atoms with Crippen molar-refractivity contribution >= 4 is 20.4 Å². The summed E-state index contributed by atoms with van der Waals surface area (Å²) in [6.07, 6.45) is -0.356. The molecule has 1 atom stereocenters. The van der Waals surface area contributed by atoms with Crippen LogP contribution < -0.4 is 4.43 Å². The first kappa shape index (κ1) is 22.3. The highest BCUT2D eigenvalue weighted by atomic mass is 28.4. The number of carbonyl (C=O) groups is 2. The van der Waals surface area contributed by atoms with Crippen LogP contribution in [0, 0.1) is 0 Å². The Bertz CT molecular complexity index is 761. The maximum absolute atomic E-state index is 12.6. The SMILES string of the molecule is CC(C)(C)OC(=O)N1Cc2cc(O[Si](C)(C)C(C)(C)C)ccc2CC1C(=O)O. The molecule has 6 nitrogen and oxygen atoms in total. The molecule has 1 unspecified atom stereocenters. The third kappa shape index (κ3) is 5.07. The van der Waals surface area contributed by atoms with E-state index in [1.54, 1.807) is 20.8 Å². The predicted molar refractivity (Wildman–Crippen MR) is 111 cm³/mol. The van der Waals surface area contributed by atoms with E-state index in [0.29, 0.717) is 0 Å². The van der Waals surface area contributed by atoms with Gasteiger partial charge in [0.25, 0.3) is 0 Å². The standard InChI is InChI=1S/C21H33NO5Si/c1-20(2,3)26-19(25)22-13-15-11-16(27-28(7,8)21(4,5)6)10-9-14(15)12-17(22)18(23)24/h9-11,17H,12-13H2,1-8H3,(H,23,24). The molecule has 0 radical (unpaired) electrons. The monoisotopic (exact) mass is 407 g/mol. The summed E-state index contributed by atoms with van der Waals surface area (Å²) in [6, 6.07) is 4.82. The third-order valence-corrected chi connectivity index (χ3v) is 9.76. The van der Waals surface area contributed by atoms with Crippen molar-refractivity contribution < 1.29 is 23.9 Å². The summed E-state index contributed by atoms with van der Waals surface area (Å²) in [7, 11) is -1.99. The molecule has 1 aliphatic rings. The van der Waals surface area contributed by atoms with E-state index in [9.17, 15) is 14.7 Å². The van der Waals surface area contributed by atoms with E-state index < -0.39 is 32.0 Å². The van der Waals surface area contributed by atoms with Crippen molar-refractivity contribution in [2.45, 2.75) is 84.3 Å². The molecule has 28 heavy (non-hydrogen) atoms. The Morgan fingerprint density at radius 1 is 1.11 bits per heavy atom. The minimum atomic E-state index is -1.99. The van der Waals surface area contributed by atoms with E-state index in [4.69, 9.17) is 9.16 Å². The van der Waals surface area contributed by atoms with E-state index in [0.717, 1.165) is 16.9 Å². The van der Waals surface area contributed by atoms with Crippen LogP contribution in [0.1, 0.15) is 52.7 Å². The van der Waals surface area contributed by atoms with Gasteiger partial charge in [0.05, 0.1) is 6.54 Å². The number of hydrogen-bond donors (Lipinski definition) is 1. The van der Waals surface area contributed by atoms with Gasteiger partial charge in [0.2, 0.25) is 8.32 Å². The van der Waals surface area contributed by atoms with E-state index in [1.165, 1.54) is 4.90 Å². The van der Waals surface area contributed by atoms with Gasteiger partial charge < -0.3 is 14.3 Å². The van der Waals surface area contributed by atoms with Crippen LogP contribution in [0.2, 0.25) is 18.1 Å². The normalized spacial score (nSPS) is 17.7. The van der Waals surface area contributed by atoms with Crippen LogP contribution in [0.15, 0.2) is 18.2 Å². The van der Waals surface area contributed by atoms with Crippen LogP contribution in [-0.2, 0) is 22.5 Å². The Morgan fingerprint density at radius 3 is 2.21 bits per heavy atom. The summed E-state index contributed by atoms with van der Waals surface area (Å²) >= 11 is 0. The van der Waals surface area contributed by atoms with Crippen LogP contribution >= 0.6 is 0 Å². The fourth-order valence-electron chi connectivity index (χ4n) is 2.81. The molecule has 1 aliphatic heterocycles. The highest BCUT2D eigenvalue weighted by molar-refractivity contribution is 6.74. The van der Waals surface area contributed by atoms with Crippen LogP contribution in [0.3, 0.4) is 0 Å². The molecule has 1 amide bonds. The molecule has 156 valence electrons. The number of nitrogens with zero attached hydrogens (tertiary/aromatic N) is 1. The van der Waals surface area contributed by atoms with E-state index >= 15 is 0 Å². The minimum Gasteiger partial charge on any atom is -0.543 e. The average Bonchev–Trinajstić information content (AvgIpc) is 2.50. The van der Waals surface area contributed by atoms with Crippen molar-refractivity contribution in [1.29, 1.82) is 0 Å². The number of carboxylic acid groups (broad SMARTS) is 1. The van der Waals surface area contributed by atoms with Gasteiger partial charge in [0.15, 0.2) is 0 Å². The number of carboxylic acids is 1. The van der Waals surface area contributed by atoms with Crippen molar-refractivity contribution in [2.75, 3.05) is 0 Å². The van der Waals surface area contributed by atoms with Crippen LogP contribution in [-0.4, -0.2) is 42.0 Å². The number of fused-ring (bicyclic) bond motifs is 1. The molecule has 0 fully saturated rings. The third-order valence-electron chi connectivity index (χ3n) is 5.40. The summed E-state index contributed by atoms with van der Waals surface area (Å²) in [6.45, 7) is 16.4. The molecule has 0 saturated carbocycles. The summed E-state index contributed by atoms with van der Waals surface area (Å²) in [5, 5.41) is 9.68. The fraction of sp³-hybridized carbons (Fsp3) is 0.619. The van der Waals surface area contributed by atoms with Gasteiger partial charge in [-0.2, -0.15) is 0 Å². The molecule has 0 saturated heterocycles. The Kier molecular flexibility index (Phi) is 5.90. The van der Waals surface area contributed by atoms with Crippen molar-refractivity contribution in [3.8, 4) is 5.75 Å². The highest BCUT2D eigenvalue weighted by Crippen LogP contribution is 2.38. The van der Waals surface area contributed by atoms with Gasteiger partial charge >= 0.3 is 12.1 Å². The van der Waals surface area contributed by atoms with Crippen LogP contribution in [0.5, 0.6) is 5.75 Å². The highest BCUT2D eigenvalue weighted by Gasteiger charge is 2.40. The second-order valence-electron chi connectivity index (χ2n) is 9.96. The van der Waals surface area contributed by atoms with Gasteiger partial charge in [-0.25, -0.2) is 9.59 Å². The van der Waals surface area contributed by atoms with Crippen molar-refractivity contribution in [2.24, 2.45) is 0 Å². The molecule has 0 spiro atoms. The molecular formula is C21H33NO5Si. The fourth-order valence-corrected chi connectivity index (χ4v) is 3.83. The van der Waals surface area contributed by atoms with E-state index in [-0.39, 0.29) is 18.0 Å². The smallest absolute Gasteiger partial charge is 0.411 e. The zero-order valence-corrected chi connectivity index (χ0v) is 19.3. The predicted octanol–water partition coefficient (Wildman–Crippen LogP) is 4.82. The molecule has 7 heteroatoms. The Hall–Kier alpha value is -2.02. The summed E-state index contributed by atoms with van der Waals surface area (Å²) in [5.41, 5.74) is 1.14. The maximum atomic E-state index is 12.6. The summed E-state index contributed by atoms with van der Waals surface area (Å²) < 4.78 is 11.8. The number of carbonyl (C=O) groups excluding carboxylic acids is 1. The zero-order valence-electron chi connectivity index (χ0n) is 18.3. The molecule has 1 heterocycles. The van der Waals surface area contributed by atoms with Crippen LogP contribution in [0.25, 0.3) is 0 Å². The van der Waals surface area contributed by atoms with Gasteiger partial charge in [-0.15, -0.1) is 0 Å². The molecule has 1 N–H and O–H groups in total. The number of amides is 1. The van der Waals surface area contributed by atoms with E-state index in [2.05, 4.69) is 33.9 Å². The lowest BCUT2D eigenvalue weighted by Crippen LogP contribution is -2.50. The van der Waals surface area contributed by atoms with Crippen molar-refractivity contribution in [1.82, 2.24) is 4.90 Å². The summed E-state index contributed by atoms with van der Waals surface area (Å²) in [4.78, 5) is 25.6. The molecule has 1 aromatic carbocycles. The molecule has 0 aliphatic carbocycles. The first-order valence-corrected chi connectivity index (χ1v) is 12.5. The quantitative estimate of drug-likeness (QED) is 0.727. The maximum Gasteiger partial charge on any atom is 0.411 e. The lowest BCUT2D eigenvalue weighted by atomic mass is 9.94. The van der Waals surface area contributed by atoms with Crippen molar-refractivity contribution in [3.63, 3.8) is 0 Å². The van der Waals surface area contributed by atoms with Gasteiger partial charge in [0, 0.05) is 6.42 Å². The topological polar surface area (TPSA) is 76.1 Å². The Morgan fingerprint density at radius 2 is 1.71 bits per heavy atom. The number of benzene rings is 1. The first-order valence-electron chi connectivity index (χ1n) is 9.64. The lowest BCUT2D eigenvalue weighted by Gasteiger charge is -2.38. The summed E-state index contributed by atoms with van der Waals surface area (Å²) in [5.74, 6) is -0.263. The van der Waals surface area contributed by atoms with Crippen LogP contribution in [0.4, 0.5) is 4.79 Å². The zero-order chi connectivity index (χ0) is 21.5. The lowest BCUT2D eigenvalue weighted by molar-refractivity contribution is -0.143. The van der Waals surface area contributed by atoms with E-state index in [1.807, 2.05) is 18.2 Å². The largest absolute Gasteiger partial charge is 0.543 e. The van der Waals surface area contributed by atoms with Gasteiger partial charge in [-0.3, -0.25) is 4.90 Å². The number of hydrogen-bond acceptors (Lipinski definition) is 4. The van der Waals surface area contributed by atoms with Gasteiger partial charge in [-0.05, 0) is 62.2 Å². The van der Waals surface area contributed by atoms with Gasteiger partial charge in [-0.1, -0.05) is 26.8 Å². The Balaban J connectivity index is 2.32. The number of aliphatic carboxylic acids is 1. The first-order chi connectivity index (χ1) is 12.6. The second-order valence-corrected chi connectivity index (χ2v) is 14.7. The molecule has 1 aromatic rings. The molecule has 0 bridgehead atoms. The molecule has 2 rings (SSSR count). The van der Waals surface area contributed by atoms with Crippen molar-refractivity contribution in [3.05, 3.63) is 29.3 Å². The number of ether oxygens (including phenoxy) is 1.